The Bertz CT molecular complexity index is 366. The number of hydrogen-bond donors (Lipinski definition) is 0. The number of aryl methyl sites for hydroxylation is 1. The van der Waals surface area contributed by atoms with E-state index in [1.54, 1.807) is 0 Å². The molecule has 1 heterocycles. The highest BCUT2D eigenvalue weighted by Crippen LogP contribution is 2.23. The SMILES string of the molecule is Cc1cccc(Br)c1C(=O)N1CCCO1. The molecule has 0 aliphatic carbocycles. The van der Waals surface area contributed by atoms with Gasteiger partial charge in [-0.1, -0.05) is 12.1 Å². The third kappa shape index (κ3) is 2.06. The number of benzene rings is 1. The first-order valence-electron chi connectivity index (χ1n) is 4.90. The molecule has 1 aliphatic heterocycles. The fourth-order valence-corrected chi connectivity index (χ4v) is 2.27. The minimum absolute atomic E-state index is 0.0579. The molecule has 15 heavy (non-hydrogen) atoms. The number of carbonyl (C=O) groups is 1. The second-order valence-corrected chi connectivity index (χ2v) is 4.38. The molecule has 1 fully saturated rings. The van der Waals surface area contributed by atoms with E-state index in [1.807, 2.05) is 25.1 Å². The highest BCUT2D eigenvalue weighted by Gasteiger charge is 2.23. The van der Waals surface area contributed by atoms with Crippen LogP contribution in [-0.2, 0) is 4.84 Å². The second-order valence-electron chi connectivity index (χ2n) is 3.53. The van der Waals surface area contributed by atoms with Crippen molar-refractivity contribution < 1.29 is 9.63 Å². The molecule has 1 saturated heterocycles. The maximum Gasteiger partial charge on any atom is 0.278 e. The molecular weight excluding hydrogens is 258 g/mol. The first kappa shape index (κ1) is 10.6. The Morgan fingerprint density at radius 1 is 1.53 bits per heavy atom. The van der Waals surface area contributed by atoms with Gasteiger partial charge in [-0.05, 0) is 40.9 Å². The van der Waals surface area contributed by atoms with E-state index in [0.29, 0.717) is 18.7 Å². The third-order valence-electron chi connectivity index (χ3n) is 2.41. The van der Waals surface area contributed by atoms with Crippen molar-refractivity contribution in [2.24, 2.45) is 0 Å². The van der Waals surface area contributed by atoms with Crippen LogP contribution in [0.25, 0.3) is 0 Å². The Labute approximate surface area is 97.1 Å². The molecule has 4 heteroatoms. The smallest absolute Gasteiger partial charge is 0.271 e. The van der Waals surface area contributed by atoms with Crippen molar-refractivity contribution in [1.82, 2.24) is 5.06 Å². The molecule has 1 aromatic rings. The summed E-state index contributed by atoms with van der Waals surface area (Å²) >= 11 is 3.39. The van der Waals surface area contributed by atoms with Gasteiger partial charge in [0.2, 0.25) is 0 Å². The molecule has 0 unspecified atom stereocenters. The van der Waals surface area contributed by atoms with Gasteiger partial charge in [-0.3, -0.25) is 9.63 Å². The van der Waals surface area contributed by atoms with Gasteiger partial charge < -0.3 is 0 Å². The van der Waals surface area contributed by atoms with E-state index < -0.39 is 0 Å². The minimum atomic E-state index is -0.0579. The fraction of sp³-hybridized carbons (Fsp3) is 0.364. The molecule has 3 nitrogen and oxygen atoms in total. The molecule has 0 N–H and O–H groups in total. The number of carbonyl (C=O) groups excluding carboxylic acids is 1. The number of rotatable bonds is 1. The van der Waals surface area contributed by atoms with E-state index in [-0.39, 0.29) is 5.91 Å². The lowest BCUT2D eigenvalue weighted by atomic mass is 10.1. The van der Waals surface area contributed by atoms with Gasteiger partial charge in [0.25, 0.3) is 5.91 Å². The van der Waals surface area contributed by atoms with E-state index in [1.165, 1.54) is 5.06 Å². The van der Waals surface area contributed by atoms with Gasteiger partial charge in [-0.2, -0.15) is 0 Å². The highest BCUT2D eigenvalue weighted by molar-refractivity contribution is 9.10. The van der Waals surface area contributed by atoms with Gasteiger partial charge in [0.15, 0.2) is 0 Å². The average molecular weight is 270 g/mol. The van der Waals surface area contributed by atoms with Gasteiger partial charge in [-0.25, -0.2) is 5.06 Å². The maximum atomic E-state index is 12.1. The second kappa shape index (κ2) is 4.33. The van der Waals surface area contributed by atoms with Crippen LogP contribution in [-0.4, -0.2) is 24.1 Å². The molecule has 2 rings (SSSR count). The number of amides is 1. The highest BCUT2D eigenvalue weighted by atomic mass is 79.9. The lowest BCUT2D eigenvalue weighted by Gasteiger charge is -2.16. The van der Waals surface area contributed by atoms with Crippen LogP contribution in [0.4, 0.5) is 0 Å². The molecule has 1 aliphatic rings. The summed E-state index contributed by atoms with van der Waals surface area (Å²) in [5, 5.41) is 1.44. The van der Waals surface area contributed by atoms with Crippen LogP contribution in [0.1, 0.15) is 22.3 Å². The van der Waals surface area contributed by atoms with Crippen LogP contribution >= 0.6 is 15.9 Å². The summed E-state index contributed by atoms with van der Waals surface area (Å²) < 4.78 is 0.822. The molecule has 1 amide bonds. The van der Waals surface area contributed by atoms with Crippen LogP contribution in [0.15, 0.2) is 22.7 Å². The van der Waals surface area contributed by atoms with E-state index in [2.05, 4.69) is 15.9 Å². The first-order valence-corrected chi connectivity index (χ1v) is 5.69. The zero-order valence-electron chi connectivity index (χ0n) is 8.50. The molecular formula is C11H12BrNO2. The Balaban J connectivity index is 2.32. The molecule has 0 aromatic heterocycles. The molecule has 0 bridgehead atoms. The van der Waals surface area contributed by atoms with Crippen LogP contribution in [0, 0.1) is 6.92 Å². The Morgan fingerprint density at radius 2 is 2.33 bits per heavy atom. The quantitative estimate of drug-likeness (QED) is 0.784. The van der Waals surface area contributed by atoms with Crippen LogP contribution in [0.2, 0.25) is 0 Å². The first-order chi connectivity index (χ1) is 7.20. The molecule has 0 saturated carbocycles. The Kier molecular flexibility index (Phi) is 3.07. The van der Waals surface area contributed by atoms with Gasteiger partial charge in [0.1, 0.15) is 0 Å². The molecule has 1 aromatic carbocycles. The maximum absolute atomic E-state index is 12.1. The van der Waals surface area contributed by atoms with E-state index in [9.17, 15) is 4.79 Å². The minimum Gasteiger partial charge on any atom is -0.271 e. The summed E-state index contributed by atoms with van der Waals surface area (Å²) in [5.41, 5.74) is 1.66. The van der Waals surface area contributed by atoms with Crippen molar-refractivity contribution in [3.05, 3.63) is 33.8 Å². The lowest BCUT2D eigenvalue weighted by Crippen LogP contribution is -2.27. The standard InChI is InChI=1S/C11H12BrNO2/c1-8-4-2-5-9(12)10(8)11(14)13-6-3-7-15-13/h2,4-5H,3,6-7H2,1H3. The zero-order chi connectivity index (χ0) is 10.8. The number of nitrogens with zero attached hydrogens (tertiary/aromatic N) is 1. The van der Waals surface area contributed by atoms with E-state index in [0.717, 1.165) is 16.5 Å². The van der Waals surface area contributed by atoms with Crippen molar-refractivity contribution >= 4 is 21.8 Å². The third-order valence-corrected chi connectivity index (χ3v) is 3.08. The summed E-state index contributed by atoms with van der Waals surface area (Å²) in [6.07, 6.45) is 0.912. The molecule has 0 atom stereocenters. The zero-order valence-corrected chi connectivity index (χ0v) is 10.1. The number of halogens is 1. The lowest BCUT2D eigenvalue weighted by molar-refractivity contribution is -0.0769. The normalized spacial score (nSPS) is 15.7. The van der Waals surface area contributed by atoms with Crippen molar-refractivity contribution in [2.45, 2.75) is 13.3 Å². The number of hydrogen-bond acceptors (Lipinski definition) is 2. The summed E-state index contributed by atoms with van der Waals surface area (Å²) in [6.45, 7) is 3.24. The summed E-state index contributed by atoms with van der Waals surface area (Å²) in [6, 6.07) is 5.71. The summed E-state index contributed by atoms with van der Waals surface area (Å²) in [7, 11) is 0. The van der Waals surface area contributed by atoms with Gasteiger partial charge in [0, 0.05) is 4.47 Å². The van der Waals surface area contributed by atoms with Crippen molar-refractivity contribution in [3.63, 3.8) is 0 Å². The fourth-order valence-electron chi connectivity index (χ4n) is 1.64. The largest absolute Gasteiger partial charge is 0.278 e. The topological polar surface area (TPSA) is 29.5 Å². The van der Waals surface area contributed by atoms with Gasteiger partial charge in [-0.15, -0.1) is 0 Å². The predicted octanol–water partition coefficient (Wildman–Crippen LogP) is 2.54. The van der Waals surface area contributed by atoms with Crippen LogP contribution in [0.3, 0.4) is 0 Å². The molecule has 80 valence electrons. The van der Waals surface area contributed by atoms with Crippen molar-refractivity contribution in [2.75, 3.05) is 13.2 Å². The monoisotopic (exact) mass is 269 g/mol. The Morgan fingerprint density at radius 3 is 2.93 bits per heavy atom. The molecule has 0 spiro atoms. The van der Waals surface area contributed by atoms with Gasteiger partial charge in [0.05, 0.1) is 18.7 Å². The van der Waals surface area contributed by atoms with Crippen molar-refractivity contribution in [1.29, 1.82) is 0 Å². The van der Waals surface area contributed by atoms with Crippen LogP contribution < -0.4 is 0 Å². The average Bonchev–Trinajstić information content (AvgIpc) is 2.69. The van der Waals surface area contributed by atoms with Gasteiger partial charge >= 0.3 is 0 Å². The van der Waals surface area contributed by atoms with E-state index >= 15 is 0 Å². The number of hydroxylamine groups is 2. The van der Waals surface area contributed by atoms with Crippen LogP contribution in [0.5, 0.6) is 0 Å². The molecule has 0 radical (unpaired) electrons. The predicted molar refractivity (Wildman–Crippen MR) is 60.5 cm³/mol. The van der Waals surface area contributed by atoms with E-state index in [4.69, 9.17) is 4.84 Å². The van der Waals surface area contributed by atoms with Crippen molar-refractivity contribution in [3.8, 4) is 0 Å². The Hall–Kier alpha value is -0.870. The summed E-state index contributed by atoms with van der Waals surface area (Å²) in [5.74, 6) is -0.0579. The summed E-state index contributed by atoms with van der Waals surface area (Å²) in [4.78, 5) is 17.3.